The highest BCUT2D eigenvalue weighted by atomic mass is 15.2. The maximum absolute atomic E-state index is 2.62. The molecule has 0 fully saturated rings. The fraction of sp³-hybridized carbons (Fsp3) is 0.242. The molecule has 2 aliphatic rings. The van der Waals surface area contributed by atoms with Crippen LogP contribution in [0.3, 0.4) is 0 Å². The molecule has 9 aromatic carbocycles. The molecule has 2 nitrogen and oxygen atoms in total. The molecule has 0 aliphatic carbocycles. The third-order valence-corrected chi connectivity index (χ3v) is 15.0. The van der Waals surface area contributed by atoms with E-state index in [4.69, 9.17) is 0 Å². The molecule has 0 N–H and O–H groups in total. The lowest BCUT2D eigenvalue weighted by Crippen LogP contribution is -2.61. The second kappa shape index (κ2) is 15.9. The summed E-state index contributed by atoms with van der Waals surface area (Å²) in [5.41, 5.74) is 21.5. The Morgan fingerprint density at radius 1 is 0.304 bits per heavy atom. The zero-order valence-corrected chi connectivity index (χ0v) is 42.7. The highest BCUT2D eigenvalue weighted by Gasteiger charge is 2.45. The van der Waals surface area contributed by atoms with Crippen molar-refractivity contribution >= 4 is 78.8 Å². The number of benzene rings is 9. The van der Waals surface area contributed by atoms with Crippen LogP contribution in [0, 0.1) is 0 Å². The van der Waals surface area contributed by atoms with Gasteiger partial charge in [-0.05, 0) is 153 Å². The summed E-state index contributed by atoms with van der Waals surface area (Å²) in [6.45, 7) is 28.1. The first-order valence-electron chi connectivity index (χ1n) is 25.0. The van der Waals surface area contributed by atoms with E-state index >= 15 is 0 Å². The number of hydrogen-bond acceptors (Lipinski definition) is 2. The minimum absolute atomic E-state index is 0.00827. The molecule has 0 saturated carbocycles. The molecule has 0 aromatic heterocycles. The quantitative estimate of drug-likeness (QED) is 0.128. The molecule has 0 atom stereocenters. The van der Waals surface area contributed by atoms with Gasteiger partial charge < -0.3 is 9.80 Å². The molecule has 69 heavy (non-hydrogen) atoms. The Morgan fingerprint density at radius 3 is 1.16 bits per heavy atom. The summed E-state index contributed by atoms with van der Waals surface area (Å²) >= 11 is 0. The second-order valence-electron chi connectivity index (χ2n) is 23.9. The van der Waals surface area contributed by atoms with Crippen molar-refractivity contribution in [2.75, 3.05) is 9.80 Å². The van der Waals surface area contributed by atoms with Crippen molar-refractivity contribution in [3.63, 3.8) is 0 Å². The summed E-state index contributed by atoms with van der Waals surface area (Å²) in [7, 11) is 0. The van der Waals surface area contributed by atoms with Gasteiger partial charge in [-0.2, -0.15) is 0 Å². The first-order chi connectivity index (χ1) is 32.8. The number of fused-ring (bicyclic) bond motifs is 6. The van der Waals surface area contributed by atoms with Gasteiger partial charge in [-0.25, -0.2) is 0 Å². The fourth-order valence-corrected chi connectivity index (χ4v) is 11.2. The van der Waals surface area contributed by atoms with Gasteiger partial charge in [0.25, 0.3) is 6.71 Å². The fourth-order valence-electron chi connectivity index (χ4n) is 11.2. The Bertz CT molecular complexity index is 3470. The smallest absolute Gasteiger partial charge is 0.252 e. The molecule has 2 heterocycles. The normalized spacial score (nSPS) is 13.7. The van der Waals surface area contributed by atoms with E-state index in [1.165, 1.54) is 111 Å². The predicted octanol–water partition coefficient (Wildman–Crippen LogP) is 16.6. The highest BCUT2D eigenvalue weighted by molar-refractivity contribution is 7.00. The van der Waals surface area contributed by atoms with E-state index in [9.17, 15) is 0 Å². The zero-order chi connectivity index (χ0) is 48.4. The number of anilines is 6. The minimum atomic E-state index is -0.130. The third kappa shape index (κ3) is 7.48. The SMILES string of the molecule is CC(C)(C)c1ccc(N2c3ccc(C(C)(C)C)cc3B3c4cc(C(C)(C)C)ccc4N(c4ccc5c(-c6ccccc6)c6ccccc6c(-c6ccccc6)c5c4)c4cc(C(C)(C)C)cc2c43)cc1. The summed E-state index contributed by atoms with van der Waals surface area (Å²) in [5.74, 6) is 0. The summed E-state index contributed by atoms with van der Waals surface area (Å²) in [5, 5.41) is 5.01. The highest BCUT2D eigenvalue weighted by Crippen LogP contribution is 2.50. The van der Waals surface area contributed by atoms with Crippen molar-refractivity contribution < 1.29 is 0 Å². The van der Waals surface area contributed by atoms with Crippen molar-refractivity contribution in [3.8, 4) is 22.3 Å². The second-order valence-corrected chi connectivity index (χ2v) is 23.9. The molecular weight excluding hydrogens is 832 g/mol. The van der Waals surface area contributed by atoms with Crippen LogP contribution < -0.4 is 26.2 Å². The molecule has 0 bridgehead atoms. The van der Waals surface area contributed by atoms with Gasteiger partial charge in [0.15, 0.2) is 0 Å². The van der Waals surface area contributed by atoms with Crippen molar-refractivity contribution in [2.45, 2.75) is 105 Å². The van der Waals surface area contributed by atoms with E-state index in [1.54, 1.807) is 0 Å². The zero-order valence-electron chi connectivity index (χ0n) is 42.7. The monoisotopic (exact) mass is 897 g/mol. The molecule has 0 saturated heterocycles. The van der Waals surface area contributed by atoms with Gasteiger partial charge in [0.05, 0.1) is 0 Å². The van der Waals surface area contributed by atoms with Crippen LogP contribution in [0.1, 0.15) is 105 Å². The van der Waals surface area contributed by atoms with Gasteiger partial charge >= 0.3 is 0 Å². The standard InChI is InChI=1S/C66H65BN2/c1-63(2,3)44-27-31-48(32-28-44)68-56-35-29-45(64(4,5)6)37-54(56)67-55-38-46(65(7,8)9)30-36-57(55)69(59-40-47(66(10,11)12)39-58(68)62(59)67)49-33-34-52-53(41-49)61(43-23-17-14-18-24-43)51-26-20-19-25-50(51)60(52)42-21-15-13-16-22-42/h13-41H,1-12H3. The summed E-state index contributed by atoms with van der Waals surface area (Å²) in [6.07, 6.45) is 0. The number of hydrogen-bond donors (Lipinski definition) is 0. The maximum atomic E-state index is 2.62. The van der Waals surface area contributed by atoms with Crippen LogP contribution >= 0.6 is 0 Å². The predicted molar refractivity (Wildman–Crippen MR) is 301 cm³/mol. The summed E-state index contributed by atoms with van der Waals surface area (Å²) < 4.78 is 0. The lowest BCUT2D eigenvalue weighted by molar-refractivity contribution is 0.589. The lowest BCUT2D eigenvalue weighted by atomic mass is 9.33. The van der Waals surface area contributed by atoms with Crippen molar-refractivity contribution in [1.82, 2.24) is 0 Å². The maximum Gasteiger partial charge on any atom is 0.252 e. The molecular formula is C66H65BN2. The van der Waals surface area contributed by atoms with Crippen LogP contribution in [0.15, 0.2) is 176 Å². The Balaban J connectivity index is 1.27. The van der Waals surface area contributed by atoms with Crippen LogP contribution in [0.2, 0.25) is 0 Å². The van der Waals surface area contributed by atoms with Gasteiger partial charge in [-0.15, -0.1) is 0 Å². The van der Waals surface area contributed by atoms with E-state index in [-0.39, 0.29) is 28.4 Å². The average molecular weight is 897 g/mol. The first-order valence-corrected chi connectivity index (χ1v) is 25.0. The van der Waals surface area contributed by atoms with Crippen LogP contribution in [-0.2, 0) is 21.7 Å². The van der Waals surface area contributed by atoms with Gasteiger partial charge in [0, 0.05) is 34.1 Å². The Labute approximate surface area is 411 Å². The molecule has 0 spiro atoms. The van der Waals surface area contributed by atoms with Crippen LogP contribution in [0.25, 0.3) is 43.8 Å². The van der Waals surface area contributed by atoms with E-state index in [2.05, 4.69) is 269 Å². The molecule has 3 heteroatoms. The average Bonchev–Trinajstić information content (AvgIpc) is 3.32. The summed E-state index contributed by atoms with van der Waals surface area (Å²) in [6, 6.07) is 67.5. The molecule has 0 radical (unpaired) electrons. The molecule has 0 unspecified atom stereocenters. The topological polar surface area (TPSA) is 6.48 Å². The van der Waals surface area contributed by atoms with Gasteiger partial charge in [-0.1, -0.05) is 210 Å². The molecule has 0 amide bonds. The lowest BCUT2D eigenvalue weighted by Gasteiger charge is -2.46. The third-order valence-electron chi connectivity index (χ3n) is 15.0. The van der Waals surface area contributed by atoms with Gasteiger partial charge in [0.2, 0.25) is 0 Å². The molecule has 342 valence electrons. The van der Waals surface area contributed by atoms with Crippen LogP contribution in [0.4, 0.5) is 34.1 Å². The molecule has 11 rings (SSSR count). The van der Waals surface area contributed by atoms with Crippen LogP contribution in [-0.4, -0.2) is 6.71 Å². The largest absolute Gasteiger partial charge is 0.311 e. The number of rotatable bonds is 4. The van der Waals surface area contributed by atoms with E-state index in [0.717, 1.165) is 5.69 Å². The van der Waals surface area contributed by atoms with E-state index in [0.29, 0.717) is 0 Å². The van der Waals surface area contributed by atoms with Crippen molar-refractivity contribution in [3.05, 3.63) is 198 Å². The molecule has 9 aromatic rings. The van der Waals surface area contributed by atoms with E-state index < -0.39 is 0 Å². The van der Waals surface area contributed by atoms with E-state index in [1.807, 2.05) is 0 Å². The van der Waals surface area contributed by atoms with Gasteiger partial charge in [0.1, 0.15) is 0 Å². The van der Waals surface area contributed by atoms with Crippen molar-refractivity contribution in [1.29, 1.82) is 0 Å². The Hall–Kier alpha value is -6.84. The molecule has 2 aliphatic heterocycles. The van der Waals surface area contributed by atoms with Gasteiger partial charge in [-0.3, -0.25) is 0 Å². The summed E-state index contributed by atoms with van der Waals surface area (Å²) in [4.78, 5) is 5.21. The minimum Gasteiger partial charge on any atom is -0.311 e. The Morgan fingerprint density at radius 2 is 0.696 bits per heavy atom. The van der Waals surface area contributed by atoms with Crippen LogP contribution in [0.5, 0.6) is 0 Å². The Kier molecular flexibility index (Phi) is 10.3. The number of nitrogens with zero attached hydrogens (tertiary/aromatic N) is 2. The van der Waals surface area contributed by atoms with Crippen molar-refractivity contribution in [2.24, 2.45) is 0 Å². The first kappa shape index (κ1) is 44.7.